The van der Waals surface area contributed by atoms with Crippen molar-refractivity contribution in [3.8, 4) is 11.3 Å². The Morgan fingerprint density at radius 1 is 1.62 bits per heavy atom. The van der Waals surface area contributed by atoms with Gasteiger partial charge in [0.05, 0.1) is 0 Å². The molecular weight excluding hydrogens is 172 g/mol. The molecule has 0 aliphatic heterocycles. The summed E-state index contributed by atoms with van der Waals surface area (Å²) < 4.78 is 4.59. The average Bonchev–Trinajstić information content (AvgIpc) is 2.74. The quantitative estimate of drug-likeness (QED) is 0.727. The highest BCUT2D eigenvalue weighted by Crippen LogP contribution is 2.20. The molecule has 2 rings (SSSR count). The Hall–Kier alpha value is -2.04. The molecule has 0 aromatic carbocycles. The average molecular weight is 178 g/mol. The molecule has 0 saturated heterocycles. The zero-order chi connectivity index (χ0) is 9.26. The first-order valence-electron chi connectivity index (χ1n) is 3.60. The lowest BCUT2D eigenvalue weighted by molar-refractivity contribution is 0.0697. The third-order valence-electron chi connectivity index (χ3n) is 1.67. The van der Waals surface area contributed by atoms with Crippen molar-refractivity contribution in [3.63, 3.8) is 0 Å². The van der Waals surface area contributed by atoms with Gasteiger partial charge in [0.25, 0.3) is 0 Å². The Bertz CT molecular complexity index is 416. The lowest BCUT2D eigenvalue weighted by atomic mass is 10.1. The van der Waals surface area contributed by atoms with Gasteiger partial charge in [-0.05, 0) is 6.07 Å². The number of aromatic amines is 1. The number of aromatic carboxylic acids is 1. The molecule has 0 saturated carbocycles. The van der Waals surface area contributed by atoms with Crippen LogP contribution in [-0.2, 0) is 0 Å². The monoisotopic (exact) mass is 178 g/mol. The molecule has 66 valence electrons. The van der Waals surface area contributed by atoms with Crippen LogP contribution in [-0.4, -0.2) is 21.2 Å². The maximum Gasteiger partial charge on any atom is 0.341 e. The van der Waals surface area contributed by atoms with Gasteiger partial charge in [-0.1, -0.05) is 5.16 Å². The molecule has 0 amide bonds. The van der Waals surface area contributed by atoms with E-state index in [9.17, 15) is 4.79 Å². The smallest absolute Gasteiger partial charge is 0.341 e. The summed E-state index contributed by atoms with van der Waals surface area (Å²) in [5.74, 6) is -1.04. The Balaban J connectivity index is 2.52. The van der Waals surface area contributed by atoms with Crippen LogP contribution in [0.2, 0.25) is 0 Å². The SMILES string of the molecule is O=C(O)c1conc1-c1cc[nH]c1. The summed E-state index contributed by atoms with van der Waals surface area (Å²) in [5.41, 5.74) is 1.11. The predicted octanol–water partition coefficient (Wildman–Crippen LogP) is 1.37. The van der Waals surface area contributed by atoms with Crippen molar-refractivity contribution in [3.05, 3.63) is 30.3 Å². The van der Waals surface area contributed by atoms with Gasteiger partial charge in [0.2, 0.25) is 0 Å². The molecule has 0 spiro atoms. The van der Waals surface area contributed by atoms with E-state index in [1.165, 1.54) is 0 Å². The van der Waals surface area contributed by atoms with E-state index in [4.69, 9.17) is 5.11 Å². The molecule has 0 unspecified atom stereocenters. The molecule has 0 fully saturated rings. The number of H-pyrrole nitrogens is 1. The summed E-state index contributed by atoms with van der Waals surface area (Å²) in [6.07, 6.45) is 4.46. The van der Waals surface area contributed by atoms with Crippen LogP contribution in [0.1, 0.15) is 10.4 Å². The second kappa shape index (κ2) is 2.78. The standard InChI is InChI=1S/C8H6N2O3/c11-8(12)6-4-13-10-7(6)5-1-2-9-3-5/h1-4,9H,(H,11,12). The second-order valence-corrected chi connectivity index (χ2v) is 2.48. The fourth-order valence-electron chi connectivity index (χ4n) is 1.07. The molecule has 0 aliphatic rings. The molecule has 2 heterocycles. The highest BCUT2D eigenvalue weighted by atomic mass is 16.5. The Labute approximate surface area is 73.0 Å². The van der Waals surface area contributed by atoms with Crippen LogP contribution in [0.5, 0.6) is 0 Å². The van der Waals surface area contributed by atoms with Crippen molar-refractivity contribution in [1.29, 1.82) is 0 Å². The summed E-state index contributed by atoms with van der Waals surface area (Å²) in [5, 5.41) is 12.3. The van der Waals surface area contributed by atoms with Gasteiger partial charge in [-0.3, -0.25) is 0 Å². The molecule has 2 aromatic rings. The van der Waals surface area contributed by atoms with Crippen LogP contribution in [0.3, 0.4) is 0 Å². The highest BCUT2D eigenvalue weighted by molar-refractivity contribution is 5.94. The van der Waals surface area contributed by atoms with Crippen LogP contribution < -0.4 is 0 Å². The van der Waals surface area contributed by atoms with Gasteiger partial charge in [-0.15, -0.1) is 0 Å². The minimum Gasteiger partial charge on any atom is -0.477 e. The number of aromatic nitrogens is 2. The van der Waals surface area contributed by atoms with Gasteiger partial charge in [-0.2, -0.15) is 0 Å². The zero-order valence-electron chi connectivity index (χ0n) is 6.52. The number of nitrogens with one attached hydrogen (secondary N) is 1. The van der Waals surface area contributed by atoms with E-state index in [-0.39, 0.29) is 5.56 Å². The van der Waals surface area contributed by atoms with Gasteiger partial charge >= 0.3 is 5.97 Å². The summed E-state index contributed by atoms with van der Waals surface area (Å²) in [4.78, 5) is 13.5. The Morgan fingerprint density at radius 3 is 3.08 bits per heavy atom. The maximum atomic E-state index is 10.7. The molecular formula is C8H6N2O3. The van der Waals surface area contributed by atoms with E-state index in [0.717, 1.165) is 6.26 Å². The minimum absolute atomic E-state index is 0.0691. The van der Waals surface area contributed by atoms with Gasteiger partial charge in [0, 0.05) is 18.0 Å². The van der Waals surface area contributed by atoms with Crippen molar-refractivity contribution < 1.29 is 14.4 Å². The highest BCUT2D eigenvalue weighted by Gasteiger charge is 2.16. The number of nitrogens with zero attached hydrogens (tertiary/aromatic N) is 1. The zero-order valence-corrected chi connectivity index (χ0v) is 6.52. The van der Waals surface area contributed by atoms with Gasteiger partial charge < -0.3 is 14.6 Å². The lowest BCUT2D eigenvalue weighted by Gasteiger charge is -1.90. The molecule has 5 nitrogen and oxygen atoms in total. The minimum atomic E-state index is -1.04. The topological polar surface area (TPSA) is 79.1 Å². The summed E-state index contributed by atoms with van der Waals surface area (Å²) >= 11 is 0. The first kappa shape index (κ1) is 7.60. The lowest BCUT2D eigenvalue weighted by Crippen LogP contribution is -1.95. The third-order valence-corrected chi connectivity index (χ3v) is 1.67. The number of carboxylic acids is 1. The largest absolute Gasteiger partial charge is 0.477 e. The van der Waals surface area contributed by atoms with Crippen LogP contribution in [0.4, 0.5) is 0 Å². The van der Waals surface area contributed by atoms with Crippen LogP contribution >= 0.6 is 0 Å². The van der Waals surface area contributed by atoms with Crippen molar-refractivity contribution in [2.75, 3.05) is 0 Å². The van der Waals surface area contributed by atoms with Crippen molar-refractivity contribution in [1.82, 2.24) is 10.1 Å². The first-order chi connectivity index (χ1) is 6.29. The van der Waals surface area contributed by atoms with E-state index in [1.807, 2.05) is 0 Å². The summed E-state index contributed by atoms with van der Waals surface area (Å²) in [6, 6.07) is 1.73. The first-order valence-corrected chi connectivity index (χ1v) is 3.60. The van der Waals surface area contributed by atoms with Crippen LogP contribution in [0.25, 0.3) is 11.3 Å². The molecule has 13 heavy (non-hydrogen) atoms. The number of carboxylic acid groups (broad SMARTS) is 1. The van der Waals surface area contributed by atoms with Crippen molar-refractivity contribution in [2.45, 2.75) is 0 Å². The molecule has 5 heteroatoms. The van der Waals surface area contributed by atoms with Gasteiger partial charge in [-0.25, -0.2) is 4.79 Å². The van der Waals surface area contributed by atoms with Gasteiger partial charge in [0.15, 0.2) is 0 Å². The van der Waals surface area contributed by atoms with E-state index >= 15 is 0 Å². The summed E-state index contributed by atoms with van der Waals surface area (Å²) in [7, 11) is 0. The molecule has 0 atom stereocenters. The molecule has 0 radical (unpaired) electrons. The Morgan fingerprint density at radius 2 is 2.46 bits per heavy atom. The van der Waals surface area contributed by atoms with Crippen molar-refractivity contribution >= 4 is 5.97 Å². The van der Waals surface area contributed by atoms with E-state index in [1.54, 1.807) is 18.5 Å². The van der Waals surface area contributed by atoms with Crippen molar-refractivity contribution in [2.24, 2.45) is 0 Å². The summed E-state index contributed by atoms with van der Waals surface area (Å²) in [6.45, 7) is 0. The van der Waals surface area contributed by atoms with E-state index in [2.05, 4.69) is 14.7 Å². The molecule has 0 aliphatic carbocycles. The number of hydrogen-bond donors (Lipinski definition) is 2. The fourth-order valence-corrected chi connectivity index (χ4v) is 1.07. The Kier molecular flexibility index (Phi) is 1.63. The fraction of sp³-hybridized carbons (Fsp3) is 0. The maximum absolute atomic E-state index is 10.7. The van der Waals surface area contributed by atoms with Crippen LogP contribution in [0.15, 0.2) is 29.2 Å². The third kappa shape index (κ3) is 1.20. The van der Waals surface area contributed by atoms with E-state index in [0.29, 0.717) is 11.3 Å². The molecule has 2 N–H and O–H groups in total. The number of hydrogen-bond acceptors (Lipinski definition) is 3. The van der Waals surface area contributed by atoms with Gasteiger partial charge in [0.1, 0.15) is 17.5 Å². The second-order valence-electron chi connectivity index (χ2n) is 2.48. The molecule has 2 aromatic heterocycles. The predicted molar refractivity (Wildman–Crippen MR) is 43.2 cm³/mol. The van der Waals surface area contributed by atoms with E-state index < -0.39 is 5.97 Å². The van der Waals surface area contributed by atoms with Crippen LogP contribution in [0, 0.1) is 0 Å². The molecule has 0 bridgehead atoms. The number of rotatable bonds is 2. The normalized spacial score (nSPS) is 10.2. The number of carbonyl (C=O) groups is 1.